The van der Waals surface area contributed by atoms with Crippen molar-refractivity contribution in [3.63, 3.8) is 0 Å². The molecule has 0 radical (unpaired) electrons. The van der Waals surface area contributed by atoms with E-state index in [9.17, 15) is 4.79 Å². The first-order chi connectivity index (χ1) is 8.11. The number of hydrogen-bond donors (Lipinski definition) is 2. The van der Waals surface area contributed by atoms with Gasteiger partial charge in [-0.3, -0.25) is 14.3 Å². The summed E-state index contributed by atoms with van der Waals surface area (Å²) in [5, 5.41) is 8.86. The van der Waals surface area contributed by atoms with Crippen molar-refractivity contribution in [2.75, 3.05) is 6.61 Å². The minimum atomic E-state index is -0.156. The van der Waals surface area contributed by atoms with Crippen molar-refractivity contribution >= 4 is 12.2 Å². The van der Waals surface area contributed by atoms with Crippen LogP contribution in [0.5, 0.6) is 0 Å². The first kappa shape index (κ1) is 12.5. The van der Waals surface area contributed by atoms with E-state index in [1.54, 1.807) is 17.7 Å². The lowest BCUT2D eigenvalue weighted by Gasteiger charge is -2.16. The van der Waals surface area contributed by atoms with Crippen LogP contribution >= 0.6 is 12.2 Å². The van der Waals surface area contributed by atoms with Gasteiger partial charge in [0.25, 0.3) is 5.56 Å². The van der Waals surface area contributed by atoms with Crippen LogP contribution in [-0.2, 0) is 4.74 Å². The average molecular weight is 256 g/mol. The Morgan fingerprint density at radius 2 is 2.41 bits per heavy atom. The molecule has 2 heterocycles. The van der Waals surface area contributed by atoms with Crippen molar-refractivity contribution in [3.05, 3.63) is 26.9 Å². The van der Waals surface area contributed by atoms with E-state index < -0.39 is 0 Å². The highest BCUT2D eigenvalue weighted by Crippen LogP contribution is 2.29. The van der Waals surface area contributed by atoms with Crippen LogP contribution in [0.15, 0.2) is 11.0 Å². The molecule has 6 heteroatoms. The lowest BCUT2D eigenvalue weighted by molar-refractivity contribution is -0.00932. The van der Waals surface area contributed by atoms with Crippen molar-refractivity contribution in [2.24, 2.45) is 0 Å². The molecule has 0 aliphatic carbocycles. The van der Waals surface area contributed by atoms with Crippen LogP contribution in [-0.4, -0.2) is 27.4 Å². The normalized spacial score (nSPS) is 24.1. The van der Waals surface area contributed by atoms with Crippen molar-refractivity contribution in [2.45, 2.75) is 38.5 Å². The number of H-pyrrole nitrogens is 1. The van der Waals surface area contributed by atoms with Crippen LogP contribution in [0, 0.1) is 11.7 Å². The number of hydrogen-bond acceptors (Lipinski definition) is 4. The second kappa shape index (κ2) is 5.12. The third kappa shape index (κ3) is 2.65. The largest absolute Gasteiger partial charge is 0.396 e. The molecule has 17 heavy (non-hydrogen) atoms. The molecule has 2 atom stereocenters. The first-order valence-electron chi connectivity index (χ1n) is 5.70. The van der Waals surface area contributed by atoms with Gasteiger partial charge in [-0.2, -0.15) is 0 Å². The van der Waals surface area contributed by atoms with Gasteiger partial charge in [0.2, 0.25) is 0 Å². The van der Waals surface area contributed by atoms with E-state index in [1.807, 2.05) is 0 Å². The minimum Gasteiger partial charge on any atom is -0.396 e. The molecular formula is C11H16N2O3S. The van der Waals surface area contributed by atoms with Crippen molar-refractivity contribution in [1.29, 1.82) is 0 Å². The number of ether oxygens (including phenoxy) is 1. The summed E-state index contributed by atoms with van der Waals surface area (Å²) in [4.78, 5) is 14.0. The van der Waals surface area contributed by atoms with Crippen LogP contribution < -0.4 is 5.56 Å². The van der Waals surface area contributed by atoms with E-state index >= 15 is 0 Å². The zero-order chi connectivity index (χ0) is 12.4. The van der Waals surface area contributed by atoms with E-state index in [0.717, 1.165) is 12.8 Å². The molecule has 0 aromatic carbocycles. The molecule has 5 nitrogen and oxygen atoms in total. The fraction of sp³-hybridized carbons (Fsp3) is 0.636. The summed E-state index contributed by atoms with van der Waals surface area (Å²) in [5.41, 5.74) is 0.462. The number of rotatable bonds is 3. The summed E-state index contributed by atoms with van der Waals surface area (Å²) >= 11 is 5.12. The lowest BCUT2D eigenvalue weighted by Crippen LogP contribution is -2.19. The van der Waals surface area contributed by atoms with E-state index in [2.05, 4.69) is 4.98 Å². The zero-order valence-corrected chi connectivity index (χ0v) is 10.5. The third-order valence-corrected chi connectivity index (χ3v) is 3.31. The number of nitrogens with one attached hydrogen (secondary N) is 1. The molecule has 94 valence electrons. The Labute approximate surface area is 104 Å². The summed E-state index contributed by atoms with van der Waals surface area (Å²) in [5.74, 6) is 0. The number of aromatic amines is 1. The van der Waals surface area contributed by atoms with Gasteiger partial charge >= 0.3 is 0 Å². The number of nitrogens with zero attached hydrogens (tertiary/aromatic N) is 1. The second-order valence-corrected chi connectivity index (χ2v) is 4.67. The number of aliphatic hydroxyl groups excluding tert-OH is 1. The molecule has 1 fully saturated rings. The predicted octanol–water partition coefficient (Wildman–Crippen LogP) is 1.27. The summed E-state index contributed by atoms with van der Waals surface area (Å²) in [7, 11) is 0. The molecule has 0 bridgehead atoms. The van der Waals surface area contributed by atoms with Crippen LogP contribution in [0.3, 0.4) is 0 Å². The molecule has 0 saturated carbocycles. The molecule has 1 aromatic heterocycles. The highest BCUT2D eigenvalue weighted by atomic mass is 32.1. The topological polar surface area (TPSA) is 67.2 Å². The van der Waals surface area contributed by atoms with Crippen LogP contribution in [0.2, 0.25) is 0 Å². The highest BCUT2D eigenvalue weighted by Gasteiger charge is 2.26. The Hall–Kier alpha value is -0.980. The maximum absolute atomic E-state index is 11.4. The van der Waals surface area contributed by atoms with Gasteiger partial charge in [-0.15, -0.1) is 0 Å². The molecule has 0 spiro atoms. The second-order valence-electron chi connectivity index (χ2n) is 4.28. The molecule has 0 amide bonds. The van der Waals surface area contributed by atoms with Gasteiger partial charge in [-0.25, -0.2) is 0 Å². The van der Waals surface area contributed by atoms with Crippen molar-refractivity contribution < 1.29 is 9.84 Å². The SMILES string of the molecule is Cc1cn([C@H]2CC[C@@H](CCO)O2)c(=S)[nH]c1=O. The lowest BCUT2D eigenvalue weighted by atomic mass is 10.2. The minimum absolute atomic E-state index is 0.0825. The summed E-state index contributed by atoms with van der Waals surface area (Å²) < 4.78 is 7.94. The summed E-state index contributed by atoms with van der Waals surface area (Å²) in [6, 6.07) is 0. The summed E-state index contributed by atoms with van der Waals surface area (Å²) in [6.45, 7) is 1.87. The Balaban J connectivity index is 2.22. The molecule has 0 unspecified atom stereocenters. The maximum Gasteiger partial charge on any atom is 0.254 e. The molecule has 1 aromatic rings. The Kier molecular flexibility index (Phi) is 3.76. The van der Waals surface area contributed by atoms with Gasteiger partial charge in [0.15, 0.2) is 4.77 Å². The summed E-state index contributed by atoms with van der Waals surface area (Å²) in [6.07, 6.45) is 4.09. The molecular weight excluding hydrogens is 240 g/mol. The van der Waals surface area contributed by atoms with E-state index in [0.29, 0.717) is 16.8 Å². The van der Waals surface area contributed by atoms with Gasteiger partial charge < -0.3 is 9.84 Å². The highest BCUT2D eigenvalue weighted by molar-refractivity contribution is 7.71. The standard InChI is InChI=1S/C11H16N2O3S/c1-7-6-13(11(17)12-10(7)15)9-3-2-8(16-9)4-5-14/h6,8-9,14H,2-5H2,1H3,(H,12,15,17)/t8-,9+/m0/s1. The van der Waals surface area contributed by atoms with Gasteiger partial charge in [-0.1, -0.05) is 0 Å². The maximum atomic E-state index is 11.4. The third-order valence-electron chi connectivity index (χ3n) is 2.99. The van der Waals surface area contributed by atoms with E-state index in [-0.39, 0.29) is 24.5 Å². The predicted molar refractivity (Wildman–Crippen MR) is 65.5 cm³/mol. The van der Waals surface area contributed by atoms with Crippen LogP contribution in [0.1, 0.15) is 31.1 Å². The Morgan fingerprint density at radius 1 is 1.65 bits per heavy atom. The first-order valence-corrected chi connectivity index (χ1v) is 6.11. The van der Waals surface area contributed by atoms with Crippen LogP contribution in [0.4, 0.5) is 0 Å². The van der Waals surface area contributed by atoms with Gasteiger partial charge in [-0.05, 0) is 38.4 Å². The zero-order valence-electron chi connectivity index (χ0n) is 9.68. The Morgan fingerprint density at radius 3 is 3.12 bits per heavy atom. The fourth-order valence-corrected chi connectivity index (χ4v) is 2.31. The fourth-order valence-electron chi connectivity index (χ4n) is 2.05. The molecule has 1 saturated heterocycles. The molecule has 2 N–H and O–H groups in total. The quantitative estimate of drug-likeness (QED) is 0.799. The molecule has 1 aliphatic rings. The number of aliphatic hydroxyl groups is 1. The number of aryl methyl sites for hydroxylation is 1. The van der Waals surface area contributed by atoms with Gasteiger partial charge in [0, 0.05) is 18.4 Å². The molecule has 2 rings (SSSR count). The smallest absolute Gasteiger partial charge is 0.254 e. The number of aromatic nitrogens is 2. The van der Waals surface area contributed by atoms with Gasteiger partial charge in [0.1, 0.15) is 6.23 Å². The van der Waals surface area contributed by atoms with Crippen molar-refractivity contribution in [3.8, 4) is 0 Å². The van der Waals surface area contributed by atoms with E-state index in [4.69, 9.17) is 22.1 Å². The molecule has 1 aliphatic heterocycles. The van der Waals surface area contributed by atoms with E-state index in [1.165, 1.54) is 0 Å². The van der Waals surface area contributed by atoms with Gasteiger partial charge in [0.05, 0.1) is 6.10 Å². The van der Waals surface area contributed by atoms with Crippen LogP contribution in [0.25, 0.3) is 0 Å². The van der Waals surface area contributed by atoms with Crippen molar-refractivity contribution in [1.82, 2.24) is 9.55 Å². The monoisotopic (exact) mass is 256 g/mol. The Bertz CT molecular complexity index is 508. The average Bonchev–Trinajstić information content (AvgIpc) is 2.72.